The standard InChI is InChI=1S/C24H27NO3/c1-2-26-16-17-27-23-14-8-6-12-21(23)18-25-22-13-7-9-15-24(22)28-19-20-10-4-3-5-11-20/h3-15,25H,2,16-19H2,1H3. The molecule has 3 rings (SSSR count). The molecule has 0 radical (unpaired) electrons. The Morgan fingerprint density at radius 1 is 0.714 bits per heavy atom. The molecule has 4 heteroatoms. The van der Waals surface area contributed by atoms with Crippen LogP contribution in [0.3, 0.4) is 0 Å². The third-order valence-corrected chi connectivity index (χ3v) is 4.26. The molecule has 0 saturated carbocycles. The minimum Gasteiger partial charge on any atom is -0.491 e. The Morgan fingerprint density at radius 3 is 2.25 bits per heavy atom. The van der Waals surface area contributed by atoms with E-state index >= 15 is 0 Å². The lowest BCUT2D eigenvalue weighted by molar-refractivity contribution is 0.110. The Labute approximate surface area is 167 Å². The second kappa shape index (κ2) is 11.0. The average Bonchev–Trinajstić information content (AvgIpc) is 2.76. The van der Waals surface area contributed by atoms with Gasteiger partial charge >= 0.3 is 0 Å². The Bertz CT molecular complexity index is 836. The summed E-state index contributed by atoms with van der Waals surface area (Å²) in [6.45, 7) is 5.00. The summed E-state index contributed by atoms with van der Waals surface area (Å²) in [5, 5.41) is 3.47. The summed E-state index contributed by atoms with van der Waals surface area (Å²) >= 11 is 0. The number of hydrogen-bond donors (Lipinski definition) is 1. The summed E-state index contributed by atoms with van der Waals surface area (Å²) in [5.41, 5.74) is 3.20. The van der Waals surface area contributed by atoms with Crippen LogP contribution in [0.15, 0.2) is 78.9 Å². The first-order valence-electron chi connectivity index (χ1n) is 9.65. The van der Waals surface area contributed by atoms with Crippen molar-refractivity contribution in [2.24, 2.45) is 0 Å². The van der Waals surface area contributed by atoms with Crippen LogP contribution in [-0.4, -0.2) is 19.8 Å². The summed E-state index contributed by atoms with van der Waals surface area (Å²) in [4.78, 5) is 0. The molecule has 0 aromatic heterocycles. The van der Waals surface area contributed by atoms with E-state index in [4.69, 9.17) is 14.2 Å². The number of para-hydroxylation sites is 3. The van der Waals surface area contributed by atoms with Crippen molar-refractivity contribution in [3.05, 3.63) is 90.0 Å². The predicted molar refractivity (Wildman–Crippen MR) is 113 cm³/mol. The molecule has 1 N–H and O–H groups in total. The minimum absolute atomic E-state index is 0.538. The van der Waals surface area contributed by atoms with Crippen LogP contribution in [0.2, 0.25) is 0 Å². The highest BCUT2D eigenvalue weighted by atomic mass is 16.5. The van der Waals surface area contributed by atoms with E-state index in [1.165, 1.54) is 0 Å². The van der Waals surface area contributed by atoms with E-state index in [9.17, 15) is 0 Å². The van der Waals surface area contributed by atoms with Crippen molar-refractivity contribution >= 4 is 5.69 Å². The topological polar surface area (TPSA) is 39.7 Å². The summed E-state index contributed by atoms with van der Waals surface area (Å²) in [6, 6.07) is 26.2. The first-order valence-corrected chi connectivity index (χ1v) is 9.65. The van der Waals surface area contributed by atoms with E-state index in [2.05, 4.69) is 23.5 Å². The molecule has 4 nitrogen and oxygen atoms in total. The van der Waals surface area contributed by atoms with Gasteiger partial charge in [0.05, 0.1) is 12.3 Å². The van der Waals surface area contributed by atoms with Gasteiger partial charge in [0.1, 0.15) is 24.7 Å². The van der Waals surface area contributed by atoms with Gasteiger partial charge in [0, 0.05) is 18.7 Å². The molecule has 0 aliphatic heterocycles. The quantitative estimate of drug-likeness (QED) is 0.461. The normalized spacial score (nSPS) is 10.5. The van der Waals surface area contributed by atoms with E-state index in [-0.39, 0.29) is 0 Å². The molecule has 0 amide bonds. The van der Waals surface area contributed by atoms with Crippen molar-refractivity contribution in [1.82, 2.24) is 0 Å². The zero-order valence-electron chi connectivity index (χ0n) is 16.3. The van der Waals surface area contributed by atoms with Crippen LogP contribution >= 0.6 is 0 Å². The minimum atomic E-state index is 0.538. The van der Waals surface area contributed by atoms with Crippen LogP contribution < -0.4 is 14.8 Å². The maximum Gasteiger partial charge on any atom is 0.142 e. The Balaban J connectivity index is 1.60. The van der Waals surface area contributed by atoms with E-state index in [1.807, 2.05) is 67.6 Å². The molecule has 0 fully saturated rings. The molecule has 0 heterocycles. The van der Waals surface area contributed by atoms with Gasteiger partial charge in [-0.25, -0.2) is 0 Å². The summed E-state index contributed by atoms with van der Waals surface area (Å²) in [5.74, 6) is 1.71. The van der Waals surface area contributed by atoms with Gasteiger partial charge in [-0.2, -0.15) is 0 Å². The SMILES string of the molecule is CCOCCOc1ccccc1CNc1ccccc1OCc1ccccc1. The summed E-state index contributed by atoms with van der Waals surface area (Å²) in [7, 11) is 0. The molecule has 28 heavy (non-hydrogen) atoms. The Hall–Kier alpha value is -2.98. The molecule has 0 bridgehead atoms. The number of anilines is 1. The van der Waals surface area contributed by atoms with Crippen LogP contribution in [0, 0.1) is 0 Å². The van der Waals surface area contributed by atoms with Crippen LogP contribution in [0.5, 0.6) is 11.5 Å². The lowest BCUT2D eigenvalue weighted by atomic mass is 10.2. The third-order valence-electron chi connectivity index (χ3n) is 4.26. The maximum atomic E-state index is 6.02. The number of nitrogens with one attached hydrogen (secondary N) is 1. The zero-order chi connectivity index (χ0) is 19.4. The van der Waals surface area contributed by atoms with E-state index in [0.29, 0.717) is 33.0 Å². The highest BCUT2D eigenvalue weighted by Crippen LogP contribution is 2.27. The fourth-order valence-electron chi connectivity index (χ4n) is 2.81. The lowest BCUT2D eigenvalue weighted by Crippen LogP contribution is -2.09. The number of rotatable bonds is 11. The van der Waals surface area contributed by atoms with Gasteiger partial charge in [-0.3, -0.25) is 0 Å². The smallest absolute Gasteiger partial charge is 0.142 e. The Kier molecular flexibility index (Phi) is 7.77. The molecular formula is C24H27NO3. The van der Waals surface area contributed by atoms with Gasteiger partial charge in [-0.05, 0) is 30.7 Å². The van der Waals surface area contributed by atoms with Crippen LogP contribution in [0.25, 0.3) is 0 Å². The van der Waals surface area contributed by atoms with Crippen molar-refractivity contribution in [3.63, 3.8) is 0 Å². The second-order valence-corrected chi connectivity index (χ2v) is 6.28. The highest BCUT2D eigenvalue weighted by molar-refractivity contribution is 5.56. The first kappa shape index (κ1) is 19.8. The lowest BCUT2D eigenvalue weighted by Gasteiger charge is -2.15. The van der Waals surface area contributed by atoms with Crippen LogP contribution in [0.1, 0.15) is 18.1 Å². The van der Waals surface area contributed by atoms with Gasteiger partial charge in [0.25, 0.3) is 0 Å². The molecule has 146 valence electrons. The first-order chi connectivity index (χ1) is 13.9. The van der Waals surface area contributed by atoms with Gasteiger partial charge in [-0.15, -0.1) is 0 Å². The fourth-order valence-corrected chi connectivity index (χ4v) is 2.81. The molecule has 0 spiro atoms. The van der Waals surface area contributed by atoms with E-state index < -0.39 is 0 Å². The molecule has 3 aromatic rings. The van der Waals surface area contributed by atoms with Crippen molar-refractivity contribution < 1.29 is 14.2 Å². The molecule has 0 aliphatic carbocycles. The highest BCUT2D eigenvalue weighted by Gasteiger charge is 2.06. The van der Waals surface area contributed by atoms with Gasteiger partial charge < -0.3 is 19.5 Å². The van der Waals surface area contributed by atoms with E-state index in [1.54, 1.807) is 0 Å². The second-order valence-electron chi connectivity index (χ2n) is 6.28. The average molecular weight is 377 g/mol. The molecular weight excluding hydrogens is 350 g/mol. The largest absolute Gasteiger partial charge is 0.491 e. The molecule has 0 aliphatic rings. The van der Waals surface area contributed by atoms with E-state index in [0.717, 1.165) is 28.3 Å². The number of hydrogen-bond acceptors (Lipinski definition) is 4. The molecule has 0 atom stereocenters. The monoisotopic (exact) mass is 377 g/mol. The van der Waals surface area contributed by atoms with Crippen molar-refractivity contribution in [2.75, 3.05) is 25.1 Å². The zero-order valence-corrected chi connectivity index (χ0v) is 16.3. The number of benzene rings is 3. The summed E-state index contributed by atoms with van der Waals surface area (Å²) < 4.78 is 17.2. The van der Waals surface area contributed by atoms with Crippen molar-refractivity contribution in [2.45, 2.75) is 20.1 Å². The van der Waals surface area contributed by atoms with Crippen LogP contribution in [-0.2, 0) is 17.9 Å². The number of ether oxygens (including phenoxy) is 3. The molecule has 0 unspecified atom stereocenters. The van der Waals surface area contributed by atoms with Gasteiger partial charge in [0.15, 0.2) is 0 Å². The van der Waals surface area contributed by atoms with Crippen molar-refractivity contribution in [3.8, 4) is 11.5 Å². The molecule has 3 aromatic carbocycles. The van der Waals surface area contributed by atoms with Gasteiger partial charge in [0.2, 0.25) is 0 Å². The van der Waals surface area contributed by atoms with Gasteiger partial charge in [-0.1, -0.05) is 60.7 Å². The predicted octanol–water partition coefficient (Wildman–Crippen LogP) is 5.29. The van der Waals surface area contributed by atoms with Crippen molar-refractivity contribution in [1.29, 1.82) is 0 Å². The Morgan fingerprint density at radius 2 is 1.43 bits per heavy atom. The fraction of sp³-hybridized carbons (Fsp3) is 0.250. The maximum absolute atomic E-state index is 6.02. The molecule has 0 saturated heterocycles. The summed E-state index contributed by atoms with van der Waals surface area (Å²) in [6.07, 6.45) is 0. The third kappa shape index (κ3) is 6.03. The van der Waals surface area contributed by atoms with Crippen LogP contribution in [0.4, 0.5) is 5.69 Å².